The summed E-state index contributed by atoms with van der Waals surface area (Å²) in [6.45, 7) is 2.03. The van der Waals surface area contributed by atoms with E-state index in [0.29, 0.717) is 25.0 Å². The predicted octanol–water partition coefficient (Wildman–Crippen LogP) is 1.35. The van der Waals surface area contributed by atoms with Crippen molar-refractivity contribution in [2.45, 2.75) is 44.6 Å². The van der Waals surface area contributed by atoms with E-state index in [2.05, 4.69) is 15.5 Å². The van der Waals surface area contributed by atoms with Gasteiger partial charge < -0.3 is 15.8 Å². The summed E-state index contributed by atoms with van der Waals surface area (Å²) in [6.07, 6.45) is 2.57. The van der Waals surface area contributed by atoms with E-state index in [1.54, 1.807) is 4.68 Å². The Morgan fingerprint density at radius 1 is 1.22 bits per heavy atom. The van der Waals surface area contributed by atoms with Crippen LogP contribution in [0.5, 0.6) is 0 Å². The van der Waals surface area contributed by atoms with E-state index in [9.17, 15) is 0 Å². The zero-order valence-electron chi connectivity index (χ0n) is 13.1. The van der Waals surface area contributed by atoms with E-state index in [1.807, 2.05) is 37.3 Å². The molecule has 0 saturated carbocycles. The lowest BCUT2D eigenvalue weighted by molar-refractivity contribution is 0.400. The molecule has 126 valence electrons. The van der Waals surface area contributed by atoms with Gasteiger partial charge in [0, 0.05) is 0 Å². The molecule has 0 aliphatic rings. The molecule has 23 heavy (non-hydrogen) atoms. The Hall–Kier alpha value is -1.48. The molecule has 0 saturated heterocycles. The molecule has 1 aromatic carbocycles. The first-order valence-corrected chi connectivity index (χ1v) is 7.54. The molecular weight excluding hydrogens is 316 g/mol. The number of tetrazole rings is 1. The van der Waals surface area contributed by atoms with Crippen LogP contribution < -0.4 is 5.73 Å². The summed E-state index contributed by atoms with van der Waals surface area (Å²) in [6, 6.07) is 9.74. The summed E-state index contributed by atoms with van der Waals surface area (Å²) in [4.78, 5) is 0. The normalized spacial score (nSPS) is 13.2. The highest BCUT2D eigenvalue weighted by Gasteiger charge is 2.19. The monoisotopic (exact) mass is 339 g/mol. The Kier molecular flexibility index (Phi) is 8.18. The molecule has 7 nitrogen and oxygen atoms in total. The molecule has 2 rings (SSSR count). The van der Waals surface area contributed by atoms with Crippen molar-refractivity contribution in [3.63, 3.8) is 0 Å². The van der Waals surface area contributed by atoms with Crippen molar-refractivity contribution >= 4 is 19.5 Å². The maximum absolute atomic E-state index is 8.83. The van der Waals surface area contributed by atoms with E-state index in [4.69, 9.17) is 15.8 Å². The maximum atomic E-state index is 8.83. The lowest BCUT2D eigenvalue weighted by atomic mass is 9.83. The molecule has 1 aromatic heterocycles. The number of nitrogens with zero attached hydrogens (tertiary/aromatic N) is 4. The second kappa shape index (κ2) is 9.62. The third-order valence-electron chi connectivity index (χ3n) is 3.73. The number of benzene rings is 1. The van der Waals surface area contributed by atoms with Gasteiger partial charge in [0.2, 0.25) is 0 Å². The SMILES string of the molecule is C[C@H](c1ccccc1)n1nnnc1C(N)CCCCB(O)O.Cl. The maximum Gasteiger partial charge on any atom is 0.451 e. The van der Waals surface area contributed by atoms with Gasteiger partial charge in [0.15, 0.2) is 5.82 Å². The van der Waals surface area contributed by atoms with Crippen LogP contribution in [0.25, 0.3) is 0 Å². The van der Waals surface area contributed by atoms with E-state index < -0.39 is 7.12 Å². The Balaban J connectivity index is 0.00000264. The van der Waals surface area contributed by atoms with Crippen molar-refractivity contribution in [1.82, 2.24) is 20.2 Å². The smallest absolute Gasteiger partial charge is 0.427 e. The second-order valence-electron chi connectivity index (χ2n) is 5.44. The number of hydrogen-bond donors (Lipinski definition) is 3. The quantitative estimate of drug-likeness (QED) is 0.494. The van der Waals surface area contributed by atoms with Gasteiger partial charge in [0.05, 0.1) is 12.1 Å². The highest BCUT2D eigenvalue weighted by atomic mass is 35.5. The minimum Gasteiger partial charge on any atom is -0.427 e. The number of rotatable bonds is 8. The molecule has 4 N–H and O–H groups in total. The fourth-order valence-corrected chi connectivity index (χ4v) is 2.41. The fourth-order valence-electron chi connectivity index (χ4n) is 2.41. The van der Waals surface area contributed by atoms with Crippen LogP contribution in [0.2, 0.25) is 6.32 Å². The second-order valence-corrected chi connectivity index (χ2v) is 5.44. The van der Waals surface area contributed by atoms with Crippen LogP contribution in [-0.4, -0.2) is 37.4 Å². The Morgan fingerprint density at radius 2 is 1.91 bits per heavy atom. The highest BCUT2D eigenvalue weighted by molar-refractivity contribution is 6.40. The van der Waals surface area contributed by atoms with Gasteiger partial charge in [-0.05, 0) is 35.7 Å². The summed E-state index contributed by atoms with van der Waals surface area (Å²) in [7, 11) is -1.25. The van der Waals surface area contributed by atoms with Crippen molar-refractivity contribution in [3.05, 3.63) is 41.7 Å². The molecule has 2 atom stereocenters. The average Bonchev–Trinajstić information content (AvgIpc) is 3.01. The molecule has 9 heteroatoms. The van der Waals surface area contributed by atoms with E-state index in [-0.39, 0.29) is 24.5 Å². The number of halogens is 1. The van der Waals surface area contributed by atoms with Crippen LogP contribution in [0.15, 0.2) is 30.3 Å². The number of aromatic nitrogens is 4. The van der Waals surface area contributed by atoms with Gasteiger partial charge in [0.1, 0.15) is 0 Å². The van der Waals surface area contributed by atoms with Crippen molar-refractivity contribution in [1.29, 1.82) is 0 Å². The molecule has 0 radical (unpaired) electrons. The molecule has 0 aliphatic heterocycles. The van der Waals surface area contributed by atoms with Gasteiger partial charge >= 0.3 is 7.12 Å². The van der Waals surface area contributed by atoms with Gasteiger partial charge in [-0.25, -0.2) is 4.68 Å². The summed E-state index contributed by atoms with van der Waals surface area (Å²) in [5, 5.41) is 29.5. The van der Waals surface area contributed by atoms with Crippen molar-refractivity contribution in [3.8, 4) is 0 Å². The van der Waals surface area contributed by atoms with Crippen LogP contribution in [0.4, 0.5) is 0 Å². The van der Waals surface area contributed by atoms with Crippen LogP contribution in [0.1, 0.15) is 49.7 Å². The first kappa shape index (κ1) is 19.6. The zero-order chi connectivity index (χ0) is 15.9. The molecular formula is C14H23BClN5O2. The standard InChI is InChI=1S/C14H22BN5O2.ClH/c1-11(12-7-3-2-4-8-12)20-14(17-18-19-20)13(16)9-5-6-10-15(21)22;/h2-4,7-8,11,13,21-22H,5-6,9-10,16H2,1H3;1H/t11-,13?;/m1./s1. The highest BCUT2D eigenvalue weighted by Crippen LogP contribution is 2.22. The van der Waals surface area contributed by atoms with E-state index in [0.717, 1.165) is 12.0 Å². The van der Waals surface area contributed by atoms with Crippen LogP contribution >= 0.6 is 12.4 Å². The van der Waals surface area contributed by atoms with Gasteiger partial charge in [-0.3, -0.25) is 0 Å². The number of hydrogen-bond acceptors (Lipinski definition) is 6. The third-order valence-corrected chi connectivity index (χ3v) is 3.73. The average molecular weight is 340 g/mol. The van der Waals surface area contributed by atoms with E-state index >= 15 is 0 Å². The van der Waals surface area contributed by atoms with Crippen molar-refractivity contribution < 1.29 is 10.0 Å². The predicted molar refractivity (Wildman–Crippen MR) is 91.1 cm³/mol. The summed E-state index contributed by atoms with van der Waals surface area (Å²) in [5.74, 6) is 0.654. The first-order chi connectivity index (χ1) is 10.6. The van der Waals surface area contributed by atoms with Crippen LogP contribution in [0, 0.1) is 0 Å². The fraction of sp³-hybridized carbons (Fsp3) is 0.500. The summed E-state index contributed by atoms with van der Waals surface area (Å²) >= 11 is 0. The largest absolute Gasteiger partial charge is 0.451 e. The van der Waals surface area contributed by atoms with Gasteiger partial charge in [-0.2, -0.15) is 0 Å². The van der Waals surface area contributed by atoms with Crippen LogP contribution in [0.3, 0.4) is 0 Å². The van der Waals surface area contributed by atoms with Crippen LogP contribution in [-0.2, 0) is 0 Å². The van der Waals surface area contributed by atoms with Gasteiger partial charge in [0.25, 0.3) is 0 Å². The zero-order valence-corrected chi connectivity index (χ0v) is 13.9. The topological polar surface area (TPSA) is 110 Å². The first-order valence-electron chi connectivity index (χ1n) is 7.54. The molecule has 0 fully saturated rings. The van der Waals surface area contributed by atoms with Gasteiger partial charge in [-0.1, -0.05) is 43.2 Å². The Morgan fingerprint density at radius 3 is 2.57 bits per heavy atom. The molecule has 0 spiro atoms. The van der Waals surface area contributed by atoms with Gasteiger partial charge in [-0.15, -0.1) is 17.5 Å². The minimum atomic E-state index is -1.25. The third kappa shape index (κ3) is 5.58. The number of unbranched alkanes of at least 4 members (excludes halogenated alkanes) is 1. The molecule has 1 unspecified atom stereocenters. The Bertz CT molecular complexity index is 569. The Labute approximate surface area is 142 Å². The molecule has 0 aliphatic carbocycles. The lowest BCUT2D eigenvalue weighted by Crippen LogP contribution is -2.20. The lowest BCUT2D eigenvalue weighted by Gasteiger charge is -2.17. The van der Waals surface area contributed by atoms with Crippen molar-refractivity contribution in [2.24, 2.45) is 5.73 Å². The minimum absolute atomic E-state index is 0. The van der Waals surface area contributed by atoms with Crippen molar-refractivity contribution in [2.75, 3.05) is 0 Å². The molecule has 1 heterocycles. The van der Waals surface area contributed by atoms with E-state index in [1.165, 1.54) is 0 Å². The molecule has 0 bridgehead atoms. The number of nitrogens with two attached hydrogens (primary N) is 1. The molecule has 0 amide bonds. The summed E-state index contributed by atoms with van der Waals surface area (Å²) < 4.78 is 1.75. The summed E-state index contributed by atoms with van der Waals surface area (Å²) in [5.41, 5.74) is 7.30. The molecule has 2 aromatic rings.